The van der Waals surface area contributed by atoms with E-state index in [1.165, 1.54) is 16.9 Å². The van der Waals surface area contributed by atoms with Gasteiger partial charge in [-0.2, -0.15) is 5.26 Å². The molecule has 0 radical (unpaired) electrons. The number of hydrogen-bond acceptors (Lipinski definition) is 5. The third kappa shape index (κ3) is 2.41. The first-order chi connectivity index (χ1) is 10.5. The molecular formula is C16H15N3OS2. The van der Waals surface area contributed by atoms with Gasteiger partial charge in [0, 0.05) is 23.0 Å². The molecule has 0 aliphatic rings. The van der Waals surface area contributed by atoms with Crippen molar-refractivity contribution < 1.29 is 5.11 Å². The molecule has 6 heteroatoms. The topological polar surface area (TPSA) is 61.3 Å². The largest absolute Gasteiger partial charge is 0.388 e. The lowest BCUT2D eigenvalue weighted by Crippen LogP contribution is -1.94. The molecule has 1 N–H and O–H groups in total. The highest BCUT2D eigenvalue weighted by Crippen LogP contribution is 2.38. The summed E-state index contributed by atoms with van der Waals surface area (Å²) in [5, 5.41) is 22.0. The Hall–Kier alpha value is -1.81. The number of thiazole rings is 1. The quantitative estimate of drug-likeness (QED) is 0.574. The number of aromatic nitrogens is 2. The van der Waals surface area contributed by atoms with Gasteiger partial charge in [0.2, 0.25) is 0 Å². The average molecular weight is 329 g/mol. The van der Waals surface area contributed by atoms with Crippen LogP contribution in [0, 0.1) is 24.5 Å². The van der Waals surface area contributed by atoms with E-state index in [4.69, 9.17) is 10.2 Å². The summed E-state index contributed by atoms with van der Waals surface area (Å²) < 4.78 is 1.97. The van der Waals surface area contributed by atoms with Crippen LogP contribution in [0.15, 0.2) is 29.3 Å². The molecule has 2 heterocycles. The second kappa shape index (κ2) is 5.76. The molecule has 4 nitrogen and oxygen atoms in total. The Balaban J connectivity index is 2.25. The van der Waals surface area contributed by atoms with Crippen LogP contribution in [0.2, 0.25) is 0 Å². The Morgan fingerprint density at radius 1 is 1.32 bits per heavy atom. The molecule has 1 unspecified atom stereocenters. The van der Waals surface area contributed by atoms with Gasteiger partial charge >= 0.3 is 0 Å². The highest BCUT2D eigenvalue weighted by atomic mass is 32.2. The molecule has 0 fully saturated rings. The minimum atomic E-state index is -0.533. The van der Waals surface area contributed by atoms with Crippen LogP contribution < -0.4 is 0 Å². The fourth-order valence-corrected chi connectivity index (χ4v) is 4.24. The first-order valence-electron chi connectivity index (χ1n) is 6.85. The Labute approximate surface area is 137 Å². The molecule has 112 valence electrons. The van der Waals surface area contributed by atoms with Crippen LogP contribution in [0.1, 0.15) is 29.2 Å². The fourth-order valence-electron chi connectivity index (χ4n) is 2.46. The zero-order valence-electron chi connectivity index (χ0n) is 12.5. The van der Waals surface area contributed by atoms with Gasteiger partial charge in [-0.1, -0.05) is 41.2 Å². The maximum atomic E-state index is 9.86. The predicted molar refractivity (Wildman–Crippen MR) is 90.1 cm³/mol. The molecule has 0 saturated heterocycles. The van der Waals surface area contributed by atoms with Gasteiger partial charge in [0.15, 0.2) is 4.96 Å². The molecule has 22 heavy (non-hydrogen) atoms. The molecule has 0 amide bonds. The molecule has 1 atom stereocenters. The van der Waals surface area contributed by atoms with Crippen LogP contribution in [0.4, 0.5) is 0 Å². The average Bonchev–Trinajstić information content (AvgIpc) is 2.99. The standard InChI is InChI=1S/C16H15N3OS2/c1-9-4-6-12(7-5-9)13-15(21-8-17)19-10(2)14(11(3)20)22-16(19)18-13/h4-7,11,20H,1-3H3. The zero-order valence-corrected chi connectivity index (χ0v) is 14.1. The van der Waals surface area contributed by atoms with E-state index in [0.717, 1.165) is 43.6 Å². The number of benzene rings is 1. The van der Waals surface area contributed by atoms with Crippen LogP contribution in [0.3, 0.4) is 0 Å². The molecule has 0 aliphatic heterocycles. The molecule has 1 aromatic carbocycles. The highest BCUT2D eigenvalue weighted by Gasteiger charge is 2.21. The Bertz CT molecular complexity index is 870. The van der Waals surface area contributed by atoms with Gasteiger partial charge in [0.05, 0.1) is 11.0 Å². The fraction of sp³-hybridized carbons (Fsp3) is 0.250. The van der Waals surface area contributed by atoms with Crippen molar-refractivity contribution in [1.29, 1.82) is 5.26 Å². The van der Waals surface area contributed by atoms with E-state index in [2.05, 4.69) is 5.40 Å². The summed E-state index contributed by atoms with van der Waals surface area (Å²) in [5.74, 6) is 0. The monoisotopic (exact) mass is 329 g/mol. The number of fused-ring (bicyclic) bond motifs is 1. The molecule has 2 aromatic heterocycles. The van der Waals surface area contributed by atoms with Gasteiger partial charge < -0.3 is 5.11 Å². The zero-order chi connectivity index (χ0) is 15.9. The van der Waals surface area contributed by atoms with Gasteiger partial charge in [-0.15, -0.1) is 0 Å². The Morgan fingerprint density at radius 2 is 2.00 bits per heavy atom. The SMILES string of the molecule is Cc1ccc(-c2nc3sc(C(C)O)c(C)n3c2SC#N)cc1. The van der Waals surface area contributed by atoms with Gasteiger partial charge in [-0.05, 0) is 20.8 Å². The van der Waals surface area contributed by atoms with Crippen molar-refractivity contribution in [3.8, 4) is 16.7 Å². The molecule has 0 bridgehead atoms. The van der Waals surface area contributed by atoms with Crippen molar-refractivity contribution in [2.24, 2.45) is 0 Å². The number of aliphatic hydroxyl groups excluding tert-OH is 1. The van der Waals surface area contributed by atoms with E-state index in [-0.39, 0.29) is 0 Å². The van der Waals surface area contributed by atoms with Crippen LogP contribution in [-0.4, -0.2) is 14.5 Å². The van der Waals surface area contributed by atoms with Gasteiger partial charge in [-0.3, -0.25) is 4.40 Å². The molecular weight excluding hydrogens is 314 g/mol. The van der Waals surface area contributed by atoms with E-state index in [0.29, 0.717) is 0 Å². The van der Waals surface area contributed by atoms with E-state index in [1.54, 1.807) is 6.92 Å². The van der Waals surface area contributed by atoms with Crippen LogP contribution in [0.5, 0.6) is 0 Å². The molecule has 0 aliphatic carbocycles. The van der Waals surface area contributed by atoms with E-state index >= 15 is 0 Å². The van der Waals surface area contributed by atoms with Crippen molar-refractivity contribution >= 4 is 28.1 Å². The lowest BCUT2D eigenvalue weighted by molar-refractivity contribution is 0.202. The number of thioether (sulfide) groups is 1. The predicted octanol–water partition coefficient (Wildman–Crippen LogP) is 4.31. The number of aryl methyl sites for hydroxylation is 2. The molecule has 3 rings (SSSR count). The Kier molecular flexibility index (Phi) is 3.96. The molecule has 3 aromatic rings. The second-order valence-electron chi connectivity index (χ2n) is 5.17. The number of imidazole rings is 1. The van der Waals surface area contributed by atoms with E-state index in [1.807, 2.05) is 42.5 Å². The first-order valence-corrected chi connectivity index (χ1v) is 8.49. The minimum absolute atomic E-state index is 0.533. The smallest absolute Gasteiger partial charge is 0.195 e. The lowest BCUT2D eigenvalue weighted by atomic mass is 10.1. The van der Waals surface area contributed by atoms with Crippen LogP contribution >= 0.6 is 23.1 Å². The van der Waals surface area contributed by atoms with Crippen LogP contribution in [0.25, 0.3) is 16.2 Å². The second-order valence-corrected chi connectivity index (χ2v) is 6.95. The highest BCUT2D eigenvalue weighted by molar-refractivity contribution is 8.03. The van der Waals surface area contributed by atoms with Gasteiger partial charge in [-0.25, -0.2) is 4.98 Å². The minimum Gasteiger partial charge on any atom is -0.388 e. The van der Waals surface area contributed by atoms with Crippen molar-refractivity contribution in [1.82, 2.24) is 9.38 Å². The van der Waals surface area contributed by atoms with E-state index < -0.39 is 6.10 Å². The molecule has 0 spiro atoms. The summed E-state index contributed by atoms with van der Waals surface area (Å²) in [6, 6.07) is 8.12. The van der Waals surface area contributed by atoms with Crippen molar-refractivity contribution in [2.75, 3.05) is 0 Å². The van der Waals surface area contributed by atoms with Crippen molar-refractivity contribution in [3.63, 3.8) is 0 Å². The number of nitrogens with zero attached hydrogens (tertiary/aromatic N) is 3. The first kappa shape index (κ1) is 15.1. The summed E-state index contributed by atoms with van der Waals surface area (Å²) in [6.07, 6.45) is -0.533. The summed E-state index contributed by atoms with van der Waals surface area (Å²) in [7, 11) is 0. The third-order valence-electron chi connectivity index (χ3n) is 3.54. The van der Waals surface area contributed by atoms with E-state index in [9.17, 15) is 5.11 Å². The normalized spacial score (nSPS) is 12.5. The van der Waals surface area contributed by atoms with Crippen molar-refractivity contribution in [2.45, 2.75) is 31.9 Å². The third-order valence-corrected chi connectivity index (χ3v) is 5.52. The van der Waals surface area contributed by atoms with Crippen molar-refractivity contribution in [3.05, 3.63) is 40.4 Å². The van der Waals surface area contributed by atoms with Crippen LogP contribution in [-0.2, 0) is 0 Å². The lowest BCUT2D eigenvalue weighted by Gasteiger charge is -2.05. The number of nitriles is 1. The summed E-state index contributed by atoms with van der Waals surface area (Å²) in [5.41, 5.74) is 3.95. The molecule has 0 saturated carbocycles. The number of hydrogen-bond donors (Lipinski definition) is 1. The van der Waals surface area contributed by atoms with Gasteiger partial charge in [0.25, 0.3) is 0 Å². The Morgan fingerprint density at radius 3 is 2.59 bits per heavy atom. The number of thiocyanates is 1. The van der Waals surface area contributed by atoms with Gasteiger partial charge in [0.1, 0.15) is 16.1 Å². The summed E-state index contributed by atoms with van der Waals surface area (Å²) in [4.78, 5) is 6.39. The summed E-state index contributed by atoms with van der Waals surface area (Å²) in [6.45, 7) is 5.74. The number of rotatable bonds is 3. The summed E-state index contributed by atoms with van der Waals surface area (Å²) >= 11 is 2.58. The maximum Gasteiger partial charge on any atom is 0.195 e. The number of aliphatic hydroxyl groups is 1. The maximum absolute atomic E-state index is 9.86.